The molecule has 0 radical (unpaired) electrons. The first-order valence-corrected chi connectivity index (χ1v) is 7.13. The van der Waals surface area contributed by atoms with E-state index in [1.165, 1.54) is 12.1 Å². The van der Waals surface area contributed by atoms with Crippen LogP contribution in [0.15, 0.2) is 35.0 Å². The van der Waals surface area contributed by atoms with E-state index >= 15 is 0 Å². The molecular weight excluding hydrogens is 335 g/mol. The summed E-state index contributed by atoms with van der Waals surface area (Å²) < 4.78 is 40.2. The summed E-state index contributed by atoms with van der Waals surface area (Å²) in [5, 5.41) is 10.3. The number of amidine groups is 1. The zero-order valence-electron chi connectivity index (χ0n) is 13.5. The highest BCUT2D eigenvalue weighted by Crippen LogP contribution is 2.25. The van der Waals surface area contributed by atoms with E-state index in [1.807, 2.05) is 0 Å². The van der Waals surface area contributed by atoms with Crippen LogP contribution in [-0.4, -0.2) is 20.9 Å². The van der Waals surface area contributed by atoms with Gasteiger partial charge in [0.2, 0.25) is 0 Å². The first-order valence-electron chi connectivity index (χ1n) is 7.13. The highest BCUT2D eigenvalue weighted by Gasteiger charge is 2.21. The molecule has 1 unspecified atom stereocenters. The molecule has 1 aromatic carbocycles. The molecule has 2 rings (SSSR count). The van der Waals surface area contributed by atoms with Crippen LogP contribution in [0.5, 0.6) is 0 Å². The van der Waals surface area contributed by atoms with Crippen molar-refractivity contribution in [1.29, 1.82) is 0 Å². The lowest BCUT2D eigenvalue weighted by molar-refractivity contribution is 0.203. The number of benzene rings is 1. The normalized spacial score (nSPS) is 13.8. The Balaban J connectivity index is 2.46. The van der Waals surface area contributed by atoms with Crippen LogP contribution in [0, 0.1) is 24.4 Å². The minimum Gasteiger partial charge on any atom is -0.402 e. The smallest absolute Gasteiger partial charge is 0.164 e. The summed E-state index contributed by atoms with van der Waals surface area (Å²) in [5.74, 6) is -3.85. The first-order chi connectivity index (χ1) is 11.7. The largest absolute Gasteiger partial charge is 0.402 e. The predicted octanol–water partition coefficient (Wildman–Crippen LogP) is 2.14. The van der Waals surface area contributed by atoms with Gasteiger partial charge in [0.15, 0.2) is 23.3 Å². The van der Waals surface area contributed by atoms with Crippen molar-refractivity contribution in [3.63, 3.8) is 0 Å². The molecule has 1 atom stereocenters. The van der Waals surface area contributed by atoms with E-state index in [1.54, 1.807) is 13.8 Å². The molecule has 6 nitrogen and oxygen atoms in total. The molecule has 0 spiro atoms. The number of allylic oxidation sites excluding steroid dienone is 1. The first kappa shape index (κ1) is 18.4. The van der Waals surface area contributed by atoms with Gasteiger partial charge in [-0.05, 0) is 26.0 Å². The summed E-state index contributed by atoms with van der Waals surface area (Å²) in [4.78, 5) is 11.9. The second kappa shape index (κ2) is 7.31. The fraction of sp³-hybridized carbons (Fsp3) is 0.188. The summed E-state index contributed by atoms with van der Waals surface area (Å²) in [6.07, 6.45) is -0.306. The van der Waals surface area contributed by atoms with Gasteiger partial charge < -0.3 is 16.6 Å². The maximum absolute atomic E-state index is 13.8. The van der Waals surface area contributed by atoms with Crippen LogP contribution in [0.3, 0.4) is 0 Å². The number of hydrogen-bond acceptors (Lipinski definition) is 5. The van der Waals surface area contributed by atoms with Crippen molar-refractivity contribution in [1.82, 2.24) is 9.97 Å². The lowest BCUT2D eigenvalue weighted by atomic mass is 10.1. The van der Waals surface area contributed by atoms with E-state index in [-0.39, 0.29) is 17.5 Å². The van der Waals surface area contributed by atoms with Gasteiger partial charge in [-0.2, -0.15) is 0 Å². The average Bonchev–Trinajstić information content (AvgIpc) is 2.48. The van der Waals surface area contributed by atoms with E-state index in [0.717, 1.165) is 0 Å². The SMILES string of the molecule is C/C(N)=C/C(N)=Nc1cc(C)nc(C(O)c2cc(F)c(F)cc2F)n1. The number of aliphatic hydroxyl groups is 1. The van der Waals surface area contributed by atoms with Gasteiger partial charge in [-0.1, -0.05) is 0 Å². The molecule has 0 aliphatic heterocycles. The van der Waals surface area contributed by atoms with Gasteiger partial charge in [0.05, 0.1) is 0 Å². The molecular formula is C16H16F3N5O. The molecule has 0 amide bonds. The van der Waals surface area contributed by atoms with E-state index in [9.17, 15) is 18.3 Å². The quantitative estimate of drug-likeness (QED) is 0.444. The second-order valence-corrected chi connectivity index (χ2v) is 5.34. The summed E-state index contributed by atoms with van der Waals surface area (Å²) in [5.41, 5.74) is 11.5. The minimum atomic E-state index is -1.71. The van der Waals surface area contributed by atoms with Crippen molar-refractivity contribution < 1.29 is 18.3 Å². The minimum absolute atomic E-state index is 0.0672. The number of aromatic nitrogens is 2. The third kappa shape index (κ3) is 4.54. The van der Waals surface area contributed by atoms with Gasteiger partial charge >= 0.3 is 0 Å². The number of halogens is 3. The standard InChI is InChI=1S/C16H16F3N5O/c1-7(20)3-13(21)23-14-4-8(2)22-16(24-14)15(25)9-5-11(18)12(19)6-10(9)17/h3-6,15,25H,20H2,1-2H3,(H2,21,22,23,24)/b7-3-. The Labute approximate surface area is 141 Å². The zero-order chi connectivity index (χ0) is 18.7. The fourth-order valence-electron chi connectivity index (χ4n) is 2.04. The van der Waals surface area contributed by atoms with Crippen molar-refractivity contribution in [2.75, 3.05) is 0 Å². The summed E-state index contributed by atoms with van der Waals surface area (Å²) in [6.45, 7) is 3.22. The third-order valence-electron chi connectivity index (χ3n) is 3.06. The van der Waals surface area contributed by atoms with E-state index in [4.69, 9.17) is 11.5 Å². The van der Waals surface area contributed by atoms with Gasteiger partial charge in [0.25, 0.3) is 0 Å². The van der Waals surface area contributed by atoms with Crippen molar-refractivity contribution in [2.24, 2.45) is 16.5 Å². The Kier molecular flexibility index (Phi) is 5.38. The van der Waals surface area contributed by atoms with Crippen LogP contribution in [0.1, 0.15) is 30.1 Å². The Hall–Kier alpha value is -2.94. The number of aliphatic hydroxyl groups excluding tert-OH is 1. The van der Waals surface area contributed by atoms with Crippen LogP contribution in [0.2, 0.25) is 0 Å². The topological polar surface area (TPSA) is 110 Å². The maximum atomic E-state index is 13.8. The van der Waals surface area contributed by atoms with Gasteiger partial charge in [0, 0.05) is 29.1 Å². The van der Waals surface area contributed by atoms with E-state index in [2.05, 4.69) is 15.0 Å². The molecule has 1 aromatic heterocycles. The average molecular weight is 351 g/mol. The summed E-state index contributed by atoms with van der Waals surface area (Å²) in [7, 11) is 0. The molecule has 0 aliphatic carbocycles. The van der Waals surface area contributed by atoms with Crippen molar-refractivity contribution in [3.8, 4) is 0 Å². The molecule has 0 saturated heterocycles. The zero-order valence-corrected chi connectivity index (χ0v) is 13.5. The lowest BCUT2D eigenvalue weighted by Crippen LogP contribution is -2.12. The van der Waals surface area contributed by atoms with Crippen LogP contribution >= 0.6 is 0 Å². The van der Waals surface area contributed by atoms with Crippen molar-refractivity contribution in [2.45, 2.75) is 20.0 Å². The van der Waals surface area contributed by atoms with Crippen LogP contribution in [0.25, 0.3) is 0 Å². The molecule has 132 valence electrons. The van der Waals surface area contributed by atoms with Crippen LogP contribution in [0.4, 0.5) is 19.0 Å². The molecule has 0 fully saturated rings. The molecule has 2 aromatic rings. The van der Waals surface area contributed by atoms with E-state index < -0.39 is 29.1 Å². The predicted molar refractivity (Wildman–Crippen MR) is 86.4 cm³/mol. The Morgan fingerprint density at radius 2 is 1.76 bits per heavy atom. The second-order valence-electron chi connectivity index (χ2n) is 5.34. The summed E-state index contributed by atoms with van der Waals surface area (Å²) in [6, 6.07) is 2.37. The highest BCUT2D eigenvalue weighted by molar-refractivity contribution is 5.93. The van der Waals surface area contributed by atoms with Gasteiger partial charge in [0.1, 0.15) is 17.8 Å². The number of nitrogens with two attached hydrogens (primary N) is 2. The summed E-state index contributed by atoms with van der Waals surface area (Å²) >= 11 is 0. The lowest BCUT2D eigenvalue weighted by Gasteiger charge is -2.12. The van der Waals surface area contributed by atoms with Gasteiger partial charge in [-0.3, -0.25) is 0 Å². The molecule has 25 heavy (non-hydrogen) atoms. The number of aryl methyl sites for hydroxylation is 1. The van der Waals surface area contributed by atoms with Gasteiger partial charge in [-0.15, -0.1) is 0 Å². The van der Waals surface area contributed by atoms with Gasteiger partial charge in [-0.25, -0.2) is 28.1 Å². The Morgan fingerprint density at radius 1 is 1.12 bits per heavy atom. The van der Waals surface area contributed by atoms with Crippen LogP contribution in [-0.2, 0) is 0 Å². The van der Waals surface area contributed by atoms with Crippen molar-refractivity contribution >= 4 is 11.7 Å². The third-order valence-corrected chi connectivity index (χ3v) is 3.06. The maximum Gasteiger partial charge on any atom is 0.164 e. The van der Waals surface area contributed by atoms with Crippen molar-refractivity contribution in [3.05, 3.63) is 64.5 Å². The monoisotopic (exact) mass is 351 g/mol. The van der Waals surface area contributed by atoms with Crippen LogP contribution < -0.4 is 11.5 Å². The highest BCUT2D eigenvalue weighted by atomic mass is 19.2. The number of aliphatic imine (C=N–C) groups is 1. The number of hydrogen-bond donors (Lipinski definition) is 3. The number of nitrogens with zero attached hydrogens (tertiary/aromatic N) is 3. The fourth-order valence-corrected chi connectivity index (χ4v) is 2.04. The molecule has 0 saturated carbocycles. The Morgan fingerprint density at radius 3 is 2.40 bits per heavy atom. The molecule has 9 heteroatoms. The molecule has 0 aliphatic rings. The molecule has 5 N–H and O–H groups in total. The Bertz CT molecular complexity index is 863. The van der Waals surface area contributed by atoms with E-state index in [0.29, 0.717) is 23.5 Å². The molecule has 1 heterocycles. The number of rotatable bonds is 4. The molecule has 0 bridgehead atoms.